The largest absolute Gasteiger partial charge is 0.459 e. The number of benzene rings is 1. The summed E-state index contributed by atoms with van der Waals surface area (Å²) in [5.41, 5.74) is 0.552. The van der Waals surface area contributed by atoms with E-state index in [9.17, 15) is 9.59 Å². The lowest BCUT2D eigenvalue weighted by atomic mass is 10.1. The Kier molecular flexibility index (Phi) is 6.29. The maximum absolute atomic E-state index is 13.2. The molecule has 1 unspecified atom stereocenters. The molecule has 148 valence electrons. The van der Waals surface area contributed by atoms with Crippen molar-refractivity contribution in [1.82, 2.24) is 14.5 Å². The van der Waals surface area contributed by atoms with Crippen molar-refractivity contribution in [2.45, 2.75) is 45.6 Å². The van der Waals surface area contributed by atoms with Gasteiger partial charge in [0.25, 0.3) is 11.5 Å². The molecule has 1 atom stereocenters. The standard InChI is InChI=1S/C22H27N3O3/c1-4-6-9-14-25(22(27)19-13-10-15-28-19)18(5-2)20-23-17-12-8-7-11-16(17)21(26)24(20)3/h7-8,10-13,15,18H,4-6,9,14H2,1-3H3. The van der Waals surface area contributed by atoms with Gasteiger partial charge in [0.05, 0.1) is 23.2 Å². The number of rotatable bonds is 8. The fourth-order valence-electron chi connectivity index (χ4n) is 3.55. The molecule has 0 bridgehead atoms. The summed E-state index contributed by atoms with van der Waals surface area (Å²) in [6.45, 7) is 4.73. The second kappa shape index (κ2) is 8.87. The Morgan fingerprint density at radius 3 is 2.64 bits per heavy atom. The highest BCUT2D eigenvalue weighted by atomic mass is 16.3. The highest BCUT2D eigenvalue weighted by Gasteiger charge is 2.29. The molecule has 1 amide bonds. The average molecular weight is 381 g/mol. The lowest BCUT2D eigenvalue weighted by Crippen LogP contribution is -2.38. The van der Waals surface area contributed by atoms with Gasteiger partial charge in [0.15, 0.2) is 5.76 Å². The monoisotopic (exact) mass is 381 g/mol. The highest BCUT2D eigenvalue weighted by molar-refractivity contribution is 5.91. The van der Waals surface area contributed by atoms with E-state index in [4.69, 9.17) is 9.40 Å². The number of aromatic nitrogens is 2. The number of carbonyl (C=O) groups is 1. The highest BCUT2D eigenvalue weighted by Crippen LogP contribution is 2.26. The van der Waals surface area contributed by atoms with Crippen LogP contribution in [0, 0.1) is 0 Å². The van der Waals surface area contributed by atoms with Crippen LogP contribution >= 0.6 is 0 Å². The van der Waals surface area contributed by atoms with Gasteiger partial charge in [-0.15, -0.1) is 0 Å². The zero-order valence-corrected chi connectivity index (χ0v) is 16.7. The molecular formula is C22H27N3O3. The molecule has 6 nitrogen and oxygen atoms in total. The number of para-hydroxylation sites is 1. The van der Waals surface area contributed by atoms with Crippen LogP contribution in [0.3, 0.4) is 0 Å². The van der Waals surface area contributed by atoms with E-state index >= 15 is 0 Å². The van der Waals surface area contributed by atoms with Crippen LogP contribution in [0.1, 0.15) is 62.0 Å². The Hall–Kier alpha value is -2.89. The van der Waals surface area contributed by atoms with Gasteiger partial charge >= 0.3 is 0 Å². The molecule has 0 saturated heterocycles. The predicted molar refractivity (Wildman–Crippen MR) is 109 cm³/mol. The van der Waals surface area contributed by atoms with Crippen LogP contribution < -0.4 is 5.56 Å². The lowest BCUT2D eigenvalue weighted by molar-refractivity contribution is 0.0621. The van der Waals surface area contributed by atoms with Crippen LogP contribution in [0.25, 0.3) is 10.9 Å². The molecular weight excluding hydrogens is 354 g/mol. The maximum Gasteiger partial charge on any atom is 0.290 e. The Morgan fingerprint density at radius 2 is 1.96 bits per heavy atom. The topological polar surface area (TPSA) is 68.3 Å². The van der Waals surface area contributed by atoms with E-state index < -0.39 is 0 Å². The average Bonchev–Trinajstić information content (AvgIpc) is 3.25. The minimum atomic E-state index is -0.309. The van der Waals surface area contributed by atoms with E-state index in [1.807, 2.05) is 25.1 Å². The Balaban J connectivity index is 2.06. The zero-order valence-electron chi connectivity index (χ0n) is 16.7. The number of nitrogens with zero attached hydrogens (tertiary/aromatic N) is 3. The number of hydrogen-bond donors (Lipinski definition) is 0. The summed E-state index contributed by atoms with van der Waals surface area (Å²) in [6.07, 6.45) is 5.13. The minimum Gasteiger partial charge on any atom is -0.459 e. The number of hydrogen-bond acceptors (Lipinski definition) is 4. The number of furan rings is 1. The van der Waals surface area contributed by atoms with Crippen LogP contribution in [0.4, 0.5) is 0 Å². The smallest absolute Gasteiger partial charge is 0.290 e. The summed E-state index contributed by atoms with van der Waals surface area (Å²) in [6, 6.07) is 10.4. The van der Waals surface area contributed by atoms with Crippen molar-refractivity contribution in [3.63, 3.8) is 0 Å². The van der Waals surface area contributed by atoms with E-state index in [-0.39, 0.29) is 17.5 Å². The summed E-state index contributed by atoms with van der Waals surface area (Å²) >= 11 is 0. The van der Waals surface area contributed by atoms with Gasteiger partial charge in [0.1, 0.15) is 5.82 Å². The van der Waals surface area contributed by atoms with Gasteiger partial charge in [-0.1, -0.05) is 38.8 Å². The van der Waals surface area contributed by atoms with E-state index in [2.05, 4.69) is 6.92 Å². The number of amides is 1. The molecule has 6 heteroatoms. The van der Waals surface area contributed by atoms with Gasteiger partial charge in [0.2, 0.25) is 0 Å². The molecule has 0 radical (unpaired) electrons. The normalized spacial score (nSPS) is 12.2. The van der Waals surface area contributed by atoms with Crippen molar-refractivity contribution in [2.24, 2.45) is 7.05 Å². The zero-order chi connectivity index (χ0) is 20.1. The van der Waals surface area contributed by atoms with Gasteiger partial charge < -0.3 is 9.32 Å². The molecule has 0 spiro atoms. The van der Waals surface area contributed by atoms with Crippen LogP contribution in [-0.4, -0.2) is 26.9 Å². The van der Waals surface area contributed by atoms with E-state index in [0.717, 1.165) is 19.3 Å². The molecule has 2 aromatic heterocycles. The number of unbranched alkanes of at least 4 members (excludes halogenated alkanes) is 2. The first-order chi connectivity index (χ1) is 13.6. The molecule has 1 aromatic carbocycles. The maximum atomic E-state index is 13.2. The van der Waals surface area contributed by atoms with Crippen LogP contribution in [0.5, 0.6) is 0 Å². The summed E-state index contributed by atoms with van der Waals surface area (Å²) in [5, 5.41) is 0.582. The molecule has 3 aromatic rings. The summed E-state index contributed by atoms with van der Waals surface area (Å²) < 4.78 is 6.93. The molecule has 0 N–H and O–H groups in total. The van der Waals surface area contributed by atoms with Gasteiger partial charge in [-0.2, -0.15) is 0 Å². The van der Waals surface area contributed by atoms with Crippen molar-refractivity contribution in [3.05, 3.63) is 64.6 Å². The van der Waals surface area contributed by atoms with Crippen LogP contribution in [-0.2, 0) is 7.05 Å². The number of fused-ring (bicyclic) bond motifs is 1. The second-order valence-electron chi connectivity index (χ2n) is 6.96. The van der Waals surface area contributed by atoms with Crippen molar-refractivity contribution in [3.8, 4) is 0 Å². The third-order valence-corrected chi connectivity index (χ3v) is 5.07. The summed E-state index contributed by atoms with van der Waals surface area (Å²) in [5.74, 6) is 0.735. The molecule has 2 heterocycles. The van der Waals surface area contributed by atoms with Crippen molar-refractivity contribution < 1.29 is 9.21 Å². The molecule has 0 saturated carbocycles. The molecule has 0 aliphatic heterocycles. The Bertz CT molecular complexity index is 992. The van der Waals surface area contributed by atoms with Gasteiger partial charge in [-0.25, -0.2) is 4.98 Å². The minimum absolute atomic E-state index is 0.0991. The SMILES string of the molecule is CCCCCN(C(=O)c1ccco1)C(CC)c1nc2ccccc2c(=O)n1C. The van der Waals surface area contributed by atoms with Crippen LogP contribution in [0.15, 0.2) is 51.9 Å². The van der Waals surface area contributed by atoms with Crippen LogP contribution in [0.2, 0.25) is 0 Å². The molecule has 0 aliphatic rings. The van der Waals surface area contributed by atoms with E-state index in [0.29, 0.717) is 35.5 Å². The van der Waals surface area contributed by atoms with E-state index in [1.165, 1.54) is 6.26 Å². The molecule has 28 heavy (non-hydrogen) atoms. The first-order valence-electron chi connectivity index (χ1n) is 9.88. The Labute approximate surface area is 164 Å². The summed E-state index contributed by atoms with van der Waals surface area (Å²) in [7, 11) is 1.72. The first-order valence-corrected chi connectivity index (χ1v) is 9.88. The van der Waals surface area contributed by atoms with Gasteiger partial charge in [0, 0.05) is 13.6 Å². The fourth-order valence-corrected chi connectivity index (χ4v) is 3.55. The third kappa shape index (κ3) is 3.86. The quantitative estimate of drug-likeness (QED) is 0.545. The third-order valence-electron chi connectivity index (χ3n) is 5.07. The summed E-state index contributed by atoms with van der Waals surface area (Å²) in [4.78, 5) is 32.6. The van der Waals surface area contributed by atoms with Crippen molar-refractivity contribution in [2.75, 3.05) is 6.54 Å². The molecule has 3 rings (SSSR count). The van der Waals surface area contributed by atoms with E-state index in [1.54, 1.807) is 34.7 Å². The molecule has 0 aliphatic carbocycles. The Morgan fingerprint density at radius 1 is 1.18 bits per heavy atom. The number of carbonyl (C=O) groups excluding carboxylic acids is 1. The van der Waals surface area contributed by atoms with Crippen molar-refractivity contribution >= 4 is 16.8 Å². The lowest BCUT2D eigenvalue weighted by Gasteiger charge is -2.31. The predicted octanol–water partition coefficient (Wildman–Crippen LogP) is 4.31. The first kappa shape index (κ1) is 19.9. The van der Waals surface area contributed by atoms with Gasteiger partial charge in [-0.05, 0) is 37.1 Å². The molecule has 0 fully saturated rings. The van der Waals surface area contributed by atoms with Crippen molar-refractivity contribution in [1.29, 1.82) is 0 Å². The fraction of sp³-hybridized carbons (Fsp3) is 0.409. The second-order valence-corrected chi connectivity index (χ2v) is 6.96. The van der Waals surface area contributed by atoms with Gasteiger partial charge in [-0.3, -0.25) is 14.2 Å².